The molecule has 0 atom stereocenters. The van der Waals surface area contributed by atoms with E-state index in [1.165, 1.54) is 0 Å². The van der Waals surface area contributed by atoms with Crippen LogP contribution in [-0.4, -0.2) is 0 Å². The van der Waals surface area contributed by atoms with E-state index in [0.29, 0.717) is 0 Å². The predicted molar refractivity (Wildman–Crippen MR) is 69.8 cm³/mol. The molecule has 1 nitrogen and oxygen atoms in total. The van der Waals surface area contributed by atoms with E-state index in [1.54, 1.807) is 6.08 Å². The highest BCUT2D eigenvalue weighted by atomic mass is 16.5. The van der Waals surface area contributed by atoms with Gasteiger partial charge in [0.1, 0.15) is 11.5 Å². The minimum absolute atomic E-state index is 0.866. The third kappa shape index (κ3) is 2.63. The van der Waals surface area contributed by atoms with Crippen molar-refractivity contribution >= 4 is 0 Å². The van der Waals surface area contributed by atoms with Crippen molar-refractivity contribution in [3.05, 3.63) is 72.3 Å². The second-order valence-corrected chi connectivity index (χ2v) is 3.39. The van der Waals surface area contributed by atoms with Crippen molar-refractivity contribution in [3.8, 4) is 0 Å². The maximum absolute atomic E-state index is 5.81. The minimum atomic E-state index is 0.866. The second kappa shape index (κ2) is 5.96. The van der Waals surface area contributed by atoms with Gasteiger partial charge in [0, 0.05) is 11.1 Å². The molecule has 16 heavy (non-hydrogen) atoms. The molecule has 0 saturated carbocycles. The molecule has 0 aromatic rings. The first kappa shape index (κ1) is 12.3. The molecular formula is C15H18O. The van der Waals surface area contributed by atoms with Crippen LogP contribution in [0.25, 0.3) is 0 Å². The molecule has 0 radical (unpaired) electrons. The molecule has 0 bridgehead atoms. The van der Waals surface area contributed by atoms with Gasteiger partial charge in [-0.25, -0.2) is 0 Å². The van der Waals surface area contributed by atoms with Crippen LogP contribution in [0.2, 0.25) is 0 Å². The van der Waals surface area contributed by atoms with Gasteiger partial charge in [0.15, 0.2) is 0 Å². The van der Waals surface area contributed by atoms with Crippen molar-refractivity contribution in [2.45, 2.75) is 20.3 Å². The van der Waals surface area contributed by atoms with Crippen LogP contribution in [0, 0.1) is 0 Å². The summed E-state index contributed by atoms with van der Waals surface area (Å²) in [5.41, 5.74) is 2.04. The first-order valence-corrected chi connectivity index (χ1v) is 5.48. The van der Waals surface area contributed by atoms with E-state index >= 15 is 0 Å². The van der Waals surface area contributed by atoms with Gasteiger partial charge >= 0.3 is 0 Å². The Labute approximate surface area is 97.8 Å². The van der Waals surface area contributed by atoms with Crippen LogP contribution in [0.5, 0.6) is 0 Å². The van der Waals surface area contributed by atoms with Crippen LogP contribution in [0.1, 0.15) is 20.3 Å². The van der Waals surface area contributed by atoms with Crippen LogP contribution in [-0.2, 0) is 4.74 Å². The SMILES string of the molecule is C=C/C=C1C=C(C=C)/C(=C\CC)OC/1=C/C. The Morgan fingerprint density at radius 1 is 1.31 bits per heavy atom. The van der Waals surface area contributed by atoms with Crippen molar-refractivity contribution < 1.29 is 4.74 Å². The highest BCUT2D eigenvalue weighted by molar-refractivity contribution is 5.52. The Bertz CT molecular complexity index is 403. The van der Waals surface area contributed by atoms with Gasteiger partial charge in [-0.15, -0.1) is 0 Å². The Morgan fingerprint density at radius 2 is 2.06 bits per heavy atom. The van der Waals surface area contributed by atoms with Gasteiger partial charge in [-0.2, -0.15) is 0 Å². The lowest BCUT2D eigenvalue weighted by atomic mass is 10.0. The van der Waals surface area contributed by atoms with Gasteiger partial charge < -0.3 is 4.74 Å². The third-order valence-corrected chi connectivity index (χ3v) is 2.27. The first-order chi connectivity index (χ1) is 7.76. The summed E-state index contributed by atoms with van der Waals surface area (Å²) in [6.45, 7) is 11.5. The number of rotatable bonds is 3. The molecule has 1 heteroatoms. The van der Waals surface area contributed by atoms with E-state index in [0.717, 1.165) is 29.1 Å². The average Bonchev–Trinajstić information content (AvgIpc) is 2.31. The van der Waals surface area contributed by atoms with E-state index in [9.17, 15) is 0 Å². The second-order valence-electron chi connectivity index (χ2n) is 3.39. The third-order valence-electron chi connectivity index (χ3n) is 2.27. The molecule has 1 aliphatic heterocycles. The van der Waals surface area contributed by atoms with Gasteiger partial charge in [-0.1, -0.05) is 38.3 Å². The molecule has 0 unspecified atom stereocenters. The molecular weight excluding hydrogens is 196 g/mol. The van der Waals surface area contributed by atoms with Crippen LogP contribution >= 0.6 is 0 Å². The maximum Gasteiger partial charge on any atom is 0.130 e. The zero-order chi connectivity index (χ0) is 12.0. The lowest BCUT2D eigenvalue weighted by Gasteiger charge is -2.20. The molecule has 0 aliphatic carbocycles. The minimum Gasteiger partial charge on any atom is -0.457 e. The van der Waals surface area contributed by atoms with Crippen molar-refractivity contribution in [2.24, 2.45) is 0 Å². The standard InChI is InChI=1S/C15H18O/c1-5-9-13-11-12(7-3)15(10-6-2)16-14(13)8-4/h5,7-11H,1,3,6H2,2,4H3/b13-9-,14-8+,15-10+. The predicted octanol–water partition coefficient (Wildman–Crippen LogP) is 4.44. The lowest BCUT2D eigenvalue weighted by Crippen LogP contribution is -2.04. The zero-order valence-corrected chi connectivity index (χ0v) is 9.99. The molecule has 0 aromatic heterocycles. The Morgan fingerprint density at radius 3 is 2.56 bits per heavy atom. The van der Waals surface area contributed by atoms with Gasteiger partial charge in [0.2, 0.25) is 0 Å². The zero-order valence-electron chi connectivity index (χ0n) is 9.99. The van der Waals surface area contributed by atoms with Crippen molar-refractivity contribution in [1.29, 1.82) is 0 Å². The summed E-state index contributed by atoms with van der Waals surface area (Å²) in [6, 6.07) is 0. The number of hydrogen-bond donors (Lipinski definition) is 0. The first-order valence-electron chi connectivity index (χ1n) is 5.48. The van der Waals surface area contributed by atoms with Gasteiger partial charge in [-0.3, -0.25) is 0 Å². The van der Waals surface area contributed by atoms with Crippen LogP contribution in [0.3, 0.4) is 0 Å². The summed E-state index contributed by atoms with van der Waals surface area (Å²) in [6.07, 6.45) is 12.5. The van der Waals surface area contributed by atoms with E-state index in [2.05, 4.69) is 32.2 Å². The van der Waals surface area contributed by atoms with E-state index < -0.39 is 0 Å². The highest BCUT2D eigenvalue weighted by Crippen LogP contribution is 2.30. The Kier molecular flexibility index (Phi) is 4.59. The fourth-order valence-corrected chi connectivity index (χ4v) is 1.53. The fraction of sp³-hybridized carbons (Fsp3) is 0.200. The maximum atomic E-state index is 5.81. The molecule has 0 fully saturated rings. The topological polar surface area (TPSA) is 9.23 Å². The number of hydrogen-bond acceptors (Lipinski definition) is 1. The summed E-state index contributed by atoms with van der Waals surface area (Å²) in [7, 11) is 0. The average molecular weight is 214 g/mol. The van der Waals surface area contributed by atoms with Crippen molar-refractivity contribution in [3.63, 3.8) is 0 Å². The molecule has 0 amide bonds. The monoisotopic (exact) mass is 214 g/mol. The Hall–Kier alpha value is -1.76. The fourth-order valence-electron chi connectivity index (χ4n) is 1.53. The van der Waals surface area contributed by atoms with Crippen LogP contribution in [0.15, 0.2) is 72.3 Å². The molecule has 0 aromatic carbocycles. The molecule has 0 saturated heterocycles. The highest BCUT2D eigenvalue weighted by Gasteiger charge is 2.15. The summed E-state index contributed by atoms with van der Waals surface area (Å²) in [4.78, 5) is 0. The summed E-state index contributed by atoms with van der Waals surface area (Å²) in [5, 5.41) is 0. The van der Waals surface area contributed by atoms with E-state index in [-0.39, 0.29) is 0 Å². The molecule has 84 valence electrons. The summed E-state index contributed by atoms with van der Waals surface area (Å²) in [5.74, 6) is 1.75. The van der Waals surface area contributed by atoms with Crippen LogP contribution in [0.4, 0.5) is 0 Å². The molecule has 0 N–H and O–H groups in total. The molecule has 1 rings (SSSR count). The van der Waals surface area contributed by atoms with Crippen molar-refractivity contribution in [1.82, 2.24) is 0 Å². The van der Waals surface area contributed by atoms with Gasteiger partial charge in [0.05, 0.1) is 0 Å². The normalized spacial score (nSPS) is 23.1. The van der Waals surface area contributed by atoms with Gasteiger partial charge in [0.25, 0.3) is 0 Å². The summed E-state index contributed by atoms with van der Waals surface area (Å²) >= 11 is 0. The quantitative estimate of drug-likeness (QED) is 0.675. The largest absolute Gasteiger partial charge is 0.457 e. The number of ether oxygens (including phenoxy) is 1. The summed E-state index contributed by atoms with van der Waals surface area (Å²) < 4.78 is 5.81. The van der Waals surface area contributed by atoms with Crippen LogP contribution < -0.4 is 0 Å². The number of allylic oxidation sites excluding steroid dienone is 6. The lowest BCUT2D eigenvalue weighted by molar-refractivity contribution is 0.318. The van der Waals surface area contributed by atoms with Gasteiger partial charge in [-0.05, 0) is 31.6 Å². The van der Waals surface area contributed by atoms with E-state index in [4.69, 9.17) is 4.74 Å². The molecule has 1 heterocycles. The molecule has 0 spiro atoms. The van der Waals surface area contributed by atoms with Crippen molar-refractivity contribution in [2.75, 3.05) is 0 Å². The molecule has 1 aliphatic rings. The smallest absolute Gasteiger partial charge is 0.130 e. The van der Waals surface area contributed by atoms with E-state index in [1.807, 2.05) is 25.2 Å². The Balaban J connectivity index is 3.23.